The minimum atomic E-state index is -0.762. The van der Waals surface area contributed by atoms with Gasteiger partial charge in [-0.15, -0.1) is 0 Å². The number of nitrogens with one attached hydrogen (secondary N) is 1. The summed E-state index contributed by atoms with van der Waals surface area (Å²) in [5, 5.41) is 2.53. The molecule has 28 heavy (non-hydrogen) atoms. The number of carbonyl (C=O) groups excluding carboxylic acids is 3. The van der Waals surface area contributed by atoms with Gasteiger partial charge in [-0.2, -0.15) is 0 Å². The fraction of sp³-hybridized carbons (Fsp3) is 0.550. The van der Waals surface area contributed by atoms with Crippen molar-refractivity contribution in [3.8, 4) is 0 Å². The molecule has 2 amide bonds. The predicted molar refractivity (Wildman–Crippen MR) is 101 cm³/mol. The second-order valence-corrected chi connectivity index (χ2v) is 7.61. The molecule has 1 aromatic carbocycles. The lowest BCUT2D eigenvalue weighted by Gasteiger charge is -2.27. The molecule has 2 atom stereocenters. The van der Waals surface area contributed by atoms with Gasteiger partial charge in [0.15, 0.2) is 0 Å². The summed E-state index contributed by atoms with van der Waals surface area (Å²) in [6.45, 7) is 5.38. The minimum absolute atomic E-state index is 0.134. The van der Waals surface area contributed by atoms with Crippen molar-refractivity contribution in [3.63, 3.8) is 0 Å². The molecule has 1 aliphatic heterocycles. The molecular formula is C20H28N2O6. The Kier molecular flexibility index (Phi) is 7.39. The van der Waals surface area contributed by atoms with Crippen LogP contribution in [0.1, 0.15) is 32.8 Å². The third-order valence-electron chi connectivity index (χ3n) is 4.18. The van der Waals surface area contributed by atoms with Crippen molar-refractivity contribution in [2.45, 2.75) is 51.5 Å². The second-order valence-electron chi connectivity index (χ2n) is 7.61. The van der Waals surface area contributed by atoms with Gasteiger partial charge < -0.3 is 19.5 Å². The lowest BCUT2D eigenvalue weighted by molar-refractivity contribution is -0.145. The molecule has 8 heteroatoms. The Hall–Kier alpha value is -2.61. The first kappa shape index (κ1) is 21.7. The summed E-state index contributed by atoms with van der Waals surface area (Å²) in [4.78, 5) is 38.2. The highest BCUT2D eigenvalue weighted by Gasteiger charge is 2.41. The largest absolute Gasteiger partial charge is 0.460 e. The molecule has 8 nitrogen and oxygen atoms in total. The lowest BCUT2D eigenvalue weighted by Crippen LogP contribution is -2.48. The van der Waals surface area contributed by atoms with E-state index in [4.69, 9.17) is 14.2 Å². The Morgan fingerprint density at radius 3 is 2.46 bits per heavy atom. The summed E-state index contributed by atoms with van der Waals surface area (Å²) in [5.41, 5.74) is 0.182. The zero-order chi connectivity index (χ0) is 20.7. The number of rotatable bonds is 6. The van der Waals surface area contributed by atoms with Crippen LogP contribution in [0, 0.1) is 0 Å². The summed E-state index contributed by atoms with van der Waals surface area (Å²) >= 11 is 0. The molecule has 154 valence electrons. The van der Waals surface area contributed by atoms with Crippen LogP contribution in [0.2, 0.25) is 0 Å². The summed E-state index contributed by atoms with van der Waals surface area (Å²) in [6.07, 6.45) is -0.521. The minimum Gasteiger partial charge on any atom is -0.460 e. The first-order valence-electron chi connectivity index (χ1n) is 9.19. The predicted octanol–water partition coefficient (Wildman–Crippen LogP) is 1.87. The van der Waals surface area contributed by atoms with Gasteiger partial charge in [0.05, 0.1) is 12.6 Å². The van der Waals surface area contributed by atoms with Crippen LogP contribution in [-0.2, 0) is 30.4 Å². The topological polar surface area (TPSA) is 94.2 Å². The number of esters is 1. The van der Waals surface area contributed by atoms with E-state index in [0.29, 0.717) is 6.42 Å². The van der Waals surface area contributed by atoms with Gasteiger partial charge in [0.2, 0.25) is 5.91 Å². The van der Waals surface area contributed by atoms with E-state index in [2.05, 4.69) is 5.32 Å². The molecule has 1 aromatic rings. The van der Waals surface area contributed by atoms with Crippen LogP contribution in [0.25, 0.3) is 0 Å². The van der Waals surface area contributed by atoms with E-state index in [1.807, 2.05) is 30.3 Å². The van der Waals surface area contributed by atoms with Gasteiger partial charge in [-0.25, -0.2) is 4.79 Å². The van der Waals surface area contributed by atoms with Gasteiger partial charge in [-0.3, -0.25) is 14.5 Å². The van der Waals surface area contributed by atoms with Crippen molar-refractivity contribution in [1.29, 1.82) is 0 Å². The molecule has 0 aliphatic carbocycles. The average molecular weight is 392 g/mol. The number of nitrogens with zero attached hydrogens (tertiary/aromatic N) is 1. The molecule has 0 bridgehead atoms. The maximum Gasteiger partial charge on any atom is 0.411 e. The normalized spacial score (nSPS) is 19.2. The Balaban J connectivity index is 1.87. The zero-order valence-corrected chi connectivity index (χ0v) is 16.8. The Bertz CT molecular complexity index is 686. The number of benzene rings is 1. The monoisotopic (exact) mass is 392 g/mol. The fourth-order valence-corrected chi connectivity index (χ4v) is 2.81. The Morgan fingerprint density at radius 1 is 1.18 bits per heavy atom. The number of methoxy groups -OCH3 is 1. The smallest absolute Gasteiger partial charge is 0.411 e. The fourth-order valence-electron chi connectivity index (χ4n) is 2.81. The SMILES string of the molecule is CO[C@@H]1C[C@@H](C(=O)NCC(=O)OCc2ccccc2)N(C(=O)OC(C)(C)C)C1. The van der Waals surface area contributed by atoms with Gasteiger partial charge in [-0.05, 0) is 26.3 Å². The molecule has 1 heterocycles. The Labute approximate surface area is 165 Å². The van der Waals surface area contributed by atoms with Crippen LogP contribution >= 0.6 is 0 Å². The van der Waals surface area contributed by atoms with Gasteiger partial charge in [0.1, 0.15) is 24.8 Å². The second kappa shape index (κ2) is 9.54. The molecule has 0 aromatic heterocycles. The van der Waals surface area contributed by atoms with E-state index in [-0.39, 0.29) is 25.8 Å². The molecule has 0 radical (unpaired) electrons. The summed E-state index contributed by atoms with van der Waals surface area (Å²) in [6, 6.07) is 8.49. The van der Waals surface area contributed by atoms with Crippen LogP contribution in [0.3, 0.4) is 0 Å². The van der Waals surface area contributed by atoms with Gasteiger partial charge >= 0.3 is 12.1 Å². The van der Waals surface area contributed by atoms with Crippen molar-refractivity contribution in [3.05, 3.63) is 35.9 Å². The van der Waals surface area contributed by atoms with E-state index in [9.17, 15) is 14.4 Å². The van der Waals surface area contributed by atoms with Gasteiger partial charge in [0.25, 0.3) is 0 Å². The summed E-state index contributed by atoms with van der Waals surface area (Å²) in [7, 11) is 1.53. The first-order chi connectivity index (χ1) is 13.2. The van der Waals surface area contributed by atoms with Crippen LogP contribution in [-0.4, -0.2) is 60.8 Å². The van der Waals surface area contributed by atoms with E-state index in [0.717, 1.165) is 5.56 Å². The molecule has 0 spiro atoms. The molecule has 2 rings (SSSR count). The molecule has 1 aliphatic rings. The van der Waals surface area contributed by atoms with E-state index in [1.165, 1.54) is 12.0 Å². The average Bonchev–Trinajstić information content (AvgIpc) is 3.09. The van der Waals surface area contributed by atoms with E-state index >= 15 is 0 Å². The maximum atomic E-state index is 12.5. The highest BCUT2D eigenvalue weighted by molar-refractivity contribution is 5.88. The third kappa shape index (κ3) is 6.53. The van der Waals surface area contributed by atoms with Crippen LogP contribution in [0.5, 0.6) is 0 Å². The maximum absolute atomic E-state index is 12.5. The van der Waals surface area contributed by atoms with Crippen LogP contribution in [0.15, 0.2) is 30.3 Å². The van der Waals surface area contributed by atoms with Crippen molar-refractivity contribution in [1.82, 2.24) is 10.2 Å². The van der Waals surface area contributed by atoms with Gasteiger partial charge in [-0.1, -0.05) is 30.3 Å². The van der Waals surface area contributed by atoms with Crippen LogP contribution in [0.4, 0.5) is 4.79 Å². The van der Waals surface area contributed by atoms with E-state index in [1.54, 1.807) is 20.8 Å². The number of hydrogen-bond donors (Lipinski definition) is 1. The number of carbonyl (C=O) groups is 3. The number of hydrogen-bond acceptors (Lipinski definition) is 6. The summed E-state index contributed by atoms with van der Waals surface area (Å²) < 4.78 is 15.8. The molecule has 0 unspecified atom stereocenters. The number of likely N-dealkylation sites (tertiary alicyclic amines) is 1. The molecule has 1 fully saturated rings. The first-order valence-corrected chi connectivity index (χ1v) is 9.19. The quantitative estimate of drug-likeness (QED) is 0.743. The lowest BCUT2D eigenvalue weighted by atomic mass is 10.2. The van der Waals surface area contributed by atoms with Crippen LogP contribution < -0.4 is 5.32 Å². The Morgan fingerprint density at radius 2 is 1.86 bits per heavy atom. The van der Waals surface area contributed by atoms with Crippen molar-refractivity contribution in [2.24, 2.45) is 0 Å². The summed E-state index contributed by atoms with van der Waals surface area (Å²) in [5.74, 6) is -0.996. The highest BCUT2D eigenvalue weighted by atomic mass is 16.6. The molecule has 1 saturated heterocycles. The standard InChI is InChI=1S/C20H28N2O6/c1-20(2,3)28-19(25)22-12-15(26-4)10-16(22)18(24)21-11-17(23)27-13-14-8-6-5-7-9-14/h5-9,15-16H,10-13H2,1-4H3,(H,21,24)/t15-,16+/m1/s1. The third-order valence-corrected chi connectivity index (χ3v) is 4.18. The van der Waals surface area contributed by atoms with Crippen molar-refractivity contribution < 1.29 is 28.6 Å². The molecule has 1 N–H and O–H groups in total. The number of amides is 2. The zero-order valence-electron chi connectivity index (χ0n) is 16.8. The molecular weight excluding hydrogens is 364 g/mol. The number of ether oxygens (including phenoxy) is 3. The van der Waals surface area contributed by atoms with Crippen molar-refractivity contribution >= 4 is 18.0 Å². The molecule has 0 saturated carbocycles. The van der Waals surface area contributed by atoms with Crippen molar-refractivity contribution in [2.75, 3.05) is 20.2 Å². The highest BCUT2D eigenvalue weighted by Crippen LogP contribution is 2.23. The van der Waals surface area contributed by atoms with Gasteiger partial charge in [0, 0.05) is 13.5 Å². The van der Waals surface area contributed by atoms with E-state index < -0.39 is 29.6 Å².